The van der Waals surface area contributed by atoms with Gasteiger partial charge >= 0.3 is 0 Å². The van der Waals surface area contributed by atoms with E-state index in [-0.39, 0.29) is 0 Å². The number of aryl methyl sites for hydroxylation is 1. The van der Waals surface area contributed by atoms with Crippen LogP contribution in [-0.4, -0.2) is 13.3 Å². The summed E-state index contributed by atoms with van der Waals surface area (Å²) in [6.07, 6.45) is 4.12. The zero-order chi connectivity index (χ0) is 13.7. The highest BCUT2D eigenvalue weighted by Gasteiger charge is 2.01. The number of nitrogens with zero attached hydrogens (tertiary/aromatic N) is 1. The van der Waals surface area contributed by atoms with Crippen molar-refractivity contribution in [3.8, 4) is 0 Å². The number of benzene rings is 2. The molecule has 0 unspecified atom stereocenters. The highest BCUT2D eigenvalue weighted by atomic mass is 14.6. The van der Waals surface area contributed by atoms with Crippen LogP contribution in [0.25, 0.3) is 11.6 Å². The molecule has 2 rings (SSSR count). The molecule has 0 saturated carbocycles. The molecule has 0 amide bonds. The predicted molar refractivity (Wildman–Crippen MR) is 84.7 cm³/mol. The van der Waals surface area contributed by atoms with Crippen molar-refractivity contribution in [1.82, 2.24) is 0 Å². The van der Waals surface area contributed by atoms with Gasteiger partial charge in [0.1, 0.15) is 0 Å². The molecule has 0 aliphatic carbocycles. The first-order valence-electron chi connectivity index (χ1n) is 6.48. The Morgan fingerprint density at radius 2 is 1.58 bits per heavy atom. The van der Waals surface area contributed by atoms with Crippen LogP contribution in [0.15, 0.2) is 53.5 Å². The predicted octanol–water partition coefficient (Wildman–Crippen LogP) is 4.60. The third-order valence-corrected chi connectivity index (χ3v) is 3.21. The monoisotopic (exact) mass is 249 g/mol. The Labute approximate surface area is 115 Å². The molecule has 19 heavy (non-hydrogen) atoms. The first-order chi connectivity index (χ1) is 9.22. The van der Waals surface area contributed by atoms with Gasteiger partial charge in [0, 0.05) is 13.3 Å². The highest BCUT2D eigenvalue weighted by Crippen LogP contribution is 2.22. The molecular weight excluding hydrogens is 230 g/mol. The summed E-state index contributed by atoms with van der Waals surface area (Å²) in [4.78, 5) is 4.11. The molecular formula is C18H19N. The van der Waals surface area contributed by atoms with Crippen LogP contribution in [0.1, 0.15) is 29.2 Å². The number of hydrogen-bond acceptors (Lipinski definition) is 1. The summed E-state index contributed by atoms with van der Waals surface area (Å²) in [6.45, 7) is 4.30. The standard InChI is InChI=1S/C18H19N/c1-14-8-4-7-11-18(14)15(2)12-16-9-5-6-10-17(16)13-19-3/h4-13H,1-3H3/b15-12+,19-13+. The molecule has 0 fully saturated rings. The largest absolute Gasteiger partial charge is 0.296 e. The quantitative estimate of drug-likeness (QED) is 0.556. The van der Waals surface area contributed by atoms with Gasteiger partial charge in [0.05, 0.1) is 0 Å². The van der Waals surface area contributed by atoms with Gasteiger partial charge in [0.2, 0.25) is 0 Å². The summed E-state index contributed by atoms with van der Waals surface area (Å²) < 4.78 is 0. The van der Waals surface area contributed by atoms with Crippen LogP contribution >= 0.6 is 0 Å². The first kappa shape index (κ1) is 13.3. The third-order valence-electron chi connectivity index (χ3n) is 3.21. The fraction of sp³-hybridized carbons (Fsp3) is 0.167. The van der Waals surface area contributed by atoms with E-state index < -0.39 is 0 Å². The average Bonchev–Trinajstić information content (AvgIpc) is 2.41. The Hall–Kier alpha value is -2.15. The van der Waals surface area contributed by atoms with Crippen LogP contribution in [0.3, 0.4) is 0 Å². The molecule has 1 heteroatoms. The second kappa shape index (κ2) is 6.14. The molecule has 0 atom stereocenters. The number of hydrogen-bond donors (Lipinski definition) is 0. The van der Waals surface area contributed by atoms with Crippen LogP contribution in [0, 0.1) is 6.92 Å². The molecule has 0 heterocycles. The lowest BCUT2D eigenvalue weighted by atomic mass is 9.98. The van der Waals surface area contributed by atoms with Crippen LogP contribution < -0.4 is 0 Å². The summed E-state index contributed by atoms with van der Waals surface area (Å²) in [5, 5.41) is 0. The van der Waals surface area contributed by atoms with E-state index in [1.807, 2.05) is 12.3 Å². The number of rotatable bonds is 3. The van der Waals surface area contributed by atoms with Crippen LogP contribution in [-0.2, 0) is 0 Å². The van der Waals surface area contributed by atoms with E-state index in [2.05, 4.69) is 67.4 Å². The molecule has 0 aliphatic rings. The van der Waals surface area contributed by atoms with Crippen LogP contribution in [0.2, 0.25) is 0 Å². The Morgan fingerprint density at radius 3 is 2.26 bits per heavy atom. The molecule has 0 radical (unpaired) electrons. The fourth-order valence-electron chi connectivity index (χ4n) is 2.23. The molecule has 2 aromatic rings. The van der Waals surface area contributed by atoms with E-state index in [1.165, 1.54) is 22.3 Å². The second-order valence-electron chi connectivity index (χ2n) is 4.66. The van der Waals surface area contributed by atoms with Gasteiger partial charge in [0.15, 0.2) is 0 Å². The number of allylic oxidation sites excluding steroid dienone is 1. The van der Waals surface area contributed by atoms with Gasteiger partial charge < -0.3 is 0 Å². The van der Waals surface area contributed by atoms with Gasteiger partial charge in [-0.05, 0) is 41.7 Å². The van der Waals surface area contributed by atoms with Crippen molar-refractivity contribution in [3.05, 3.63) is 70.8 Å². The smallest absolute Gasteiger partial charge is 0.0287 e. The van der Waals surface area contributed by atoms with Gasteiger partial charge in [-0.3, -0.25) is 4.99 Å². The summed E-state index contributed by atoms with van der Waals surface area (Å²) in [6, 6.07) is 16.8. The lowest BCUT2D eigenvalue weighted by Gasteiger charge is -2.07. The van der Waals surface area contributed by atoms with Gasteiger partial charge in [-0.25, -0.2) is 0 Å². The minimum atomic E-state index is 1.15. The summed E-state index contributed by atoms with van der Waals surface area (Å²) in [5.74, 6) is 0. The van der Waals surface area contributed by atoms with Crippen LogP contribution in [0.5, 0.6) is 0 Å². The van der Waals surface area contributed by atoms with Gasteiger partial charge in [-0.2, -0.15) is 0 Å². The van der Waals surface area contributed by atoms with E-state index in [1.54, 1.807) is 7.05 Å². The van der Waals surface area contributed by atoms with Crippen molar-refractivity contribution in [2.75, 3.05) is 7.05 Å². The van der Waals surface area contributed by atoms with E-state index in [0.29, 0.717) is 0 Å². The van der Waals surface area contributed by atoms with E-state index in [9.17, 15) is 0 Å². The van der Waals surface area contributed by atoms with Crippen molar-refractivity contribution < 1.29 is 0 Å². The van der Waals surface area contributed by atoms with E-state index in [0.717, 1.165) is 5.56 Å². The maximum Gasteiger partial charge on any atom is 0.0287 e. The molecule has 0 bridgehead atoms. The van der Waals surface area contributed by atoms with Gasteiger partial charge in [-0.1, -0.05) is 54.6 Å². The highest BCUT2D eigenvalue weighted by molar-refractivity contribution is 5.90. The fourth-order valence-corrected chi connectivity index (χ4v) is 2.23. The summed E-state index contributed by atoms with van der Waals surface area (Å²) in [5.41, 5.74) is 6.23. The topological polar surface area (TPSA) is 12.4 Å². The normalized spacial score (nSPS) is 12.1. The first-order valence-corrected chi connectivity index (χ1v) is 6.48. The second-order valence-corrected chi connectivity index (χ2v) is 4.66. The van der Waals surface area contributed by atoms with E-state index >= 15 is 0 Å². The Balaban J connectivity index is 2.44. The van der Waals surface area contributed by atoms with Crippen molar-refractivity contribution in [3.63, 3.8) is 0 Å². The minimum Gasteiger partial charge on any atom is -0.296 e. The SMILES string of the molecule is C/N=C/c1ccccc1/C=C(\C)c1ccccc1C. The molecule has 1 nitrogen and oxygen atoms in total. The van der Waals surface area contributed by atoms with E-state index in [4.69, 9.17) is 0 Å². The van der Waals surface area contributed by atoms with Crippen molar-refractivity contribution in [2.24, 2.45) is 4.99 Å². The van der Waals surface area contributed by atoms with Crippen molar-refractivity contribution >= 4 is 17.9 Å². The lowest BCUT2D eigenvalue weighted by Crippen LogP contribution is -1.89. The maximum absolute atomic E-state index is 4.11. The lowest BCUT2D eigenvalue weighted by molar-refractivity contribution is 1.41. The Kier molecular flexibility index (Phi) is 4.30. The molecule has 0 saturated heterocycles. The molecule has 2 aromatic carbocycles. The molecule has 0 spiro atoms. The maximum atomic E-state index is 4.11. The third kappa shape index (κ3) is 3.19. The Bertz CT molecular complexity index is 621. The molecule has 0 aromatic heterocycles. The number of aliphatic imine (C=N–C) groups is 1. The zero-order valence-electron chi connectivity index (χ0n) is 11.7. The average molecular weight is 249 g/mol. The van der Waals surface area contributed by atoms with Gasteiger partial charge in [-0.15, -0.1) is 0 Å². The van der Waals surface area contributed by atoms with Crippen molar-refractivity contribution in [1.29, 1.82) is 0 Å². The zero-order valence-corrected chi connectivity index (χ0v) is 11.7. The minimum absolute atomic E-state index is 1.15. The van der Waals surface area contributed by atoms with Crippen LogP contribution in [0.4, 0.5) is 0 Å². The molecule has 0 aliphatic heterocycles. The molecule has 0 N–H and O–H groups in total. The van der Waals surface area contributed by atoms with Gasteiger partial charge in [0.25, 0.3) is 0 Å². The summed E-state index contributed by atoms with van der Waals surface area (Å²) >= 11 is 0. The molecule has 96 valence electrons. The summed E-state index contributed by atoms with van der Waals surface area (Å²) in [7, 11) is 1.80. The van der Waals surface area contributed by atoms with Crippen molar-refractivity contribution in [2.45, 2.75) is 13.8 Å². The Morgan fingerprint density at radius 1 is 0.947 bits per heavy atom.